The quantitative estimate of drug-likeness (QED) is 0.685. The SMILES string of the molecule is CCc1ccccc1NC(=O)c1ccc(CNC(=O)c2ccccc2)cc1. The van der Waals surface area contributed by atoms with Crippen molar-refractivity contribution in [2.45, 2.75) is 19.9 Å². The van der Waals surface area contributed by atoms with Crippen LogP contribution in [0, 0.1) is 0 Å². The lowest BCUT2D eigenvalue weighted by Crippen LogP contribution is -2.22. The highest BCUT2D eigenvalue weighted by Gasteiger charge is 2.09. The average molecular weight is 358 g/mol. The number of amides is 2. The molecule has 0 saturated heterocycles. The molecule has 0 atom stereocenters. The minimum Gasteiger partial charge on any atom is -0.348 e. The number of aryl methyl sites for hydroxylation is 1. The Morgan fingerprint density at radius 3 is 2.07 bits per heavy atom. The van der Waals surface area contributed by atoms with Gasteiger partial charge in [-0.3, -0.25) is 9.59 Å². The van der Waals surface area contributed by atoms with E-state index in [-0.39, 0.29) is 11.8 Å². The van der Waals surface area contributed by atoms with E-state index in [0.717, 1.165) is 23.2 Å². The molecule has 0 unspecified atom stereocenters. The lowest BCUT2D eigenvalue weighted by Gasteiger charge is -2.10. The Labute approximate surface area is 159 Å². The van der Waals surface area contributed by atoms with Gasteiger partial charge in [0.15, 0.2) is 0 Å². The highest BCUT2D eigenvalue weighted by molar-refractivity contribution is 6.04. The molecule has 27 heavy (non-hydrogen) atoms. The first-order chi connectivity index (χ1) is 13.2. The maximum Gasteiger partial charge on any atom is 0.255 e. The summed E-state index contributed by atoms with van der Waals surface area (Å²) >= 11 is 0. The van der Waals surface area contributed by atoms with Crippen molar-refractivity contribution in [3.05, 3.63) is 101 Å². The number of hydrogen-bond acceptors (Lipinski definition) is 2. The molecule has 3 rings (SSSR count). The molecule has 0 aromatic heterocycles. The maximum atomic E-state index is 12.5. The minimum atomic E-state index is -0.143. The molecule has 3 aromatic carbocycles. The summed E-state index contributed by atoms with van der Waals surface area (Å²) in [6.45, 7) is 2.47. The third-order valence-electron chi connectivity index (χ3n) is 4.35. The smallest absolute Gasteiger partial charge is 0.255 e. The number of nitrogens with one attached hydrogen (secondary N) is 2. The van der Waals surface area contributed by atoms with E-state index in [2.05, 4.69) is 17.6 Å². The molecule has 0 spiro atoms. The van der Waals surface area contributed by atoms with Gasteiger partial charge in [-0.2, -0.15) is 0 Å². The summed E-state index contributed by atoms with van der Waals surface area (Å²) in [6.07, 6.45) is 0.858. The standard InChI is InChI=1S/C23H22N2O2/c1-2-18-8-6-7-11-21(18)25-23(27)20-14-12-17(13-15-20)16-24-22(26)19-9-4-3-5-10-19/h3-15H,2,16H2,1H3,(H,24,26)(H,25,27). The van der Waals surface area contributed by atoms with Gasteiger partial charge in [0, 0.05) is 23.4 Å². The molecule has 0 fully saturated rings. The first kappa shape index (κ1) is 18.4. The van der Waals surface area contributed by atoms with Crippen molar-refractivity contribution in [3.8, 4) is 0 Å². The van der Waals surface area contributed by atoms with Crippen LogP contribution in [0.2, 0.25) is 0 Å². The number of hydrogen-bond donors (Lipinski definition) is 2. The second kappa shape index (κ2) is 8.81. The zero-order valence-corrected chi connectivity index (χ0v) is 15.2. The molecule has 0 aliphatic rings. The first-order valence-electron chi connectivity index (χ1n) is 8.99. The summed E-state index contributed by atoms with van der Waals surface area (Å²) in [7, 11) is 0. The van der Waals surface area contributed by atoms with Crippen LogP contribution in [-0.4, -0.2) is 11.8 Å². The van der Waals surface area contributed by atoms with Crippen LogP contribution in [0.15, 0.2) is 78.9 Å². The van der Waals surface area contributed by atoms with Gasteiger partial charge in [0.2, 0.25) is 0 Å². The average Bonchev–Trinajstić information content (AvgIpc) is 2.73. The molecule has 4 heteroatoms. The largest absolute Gasteiger partial charge is 0.348 e. The normalized spacial score (nSPS) is 10.3. The van der Waals surface area contributed by atoms with Crippen LogP contribution in [-0.2, 0) is 13.0 Å². The van der Waals surface area contributed by atoms with E-state index in [1.54, 1.807) is 24.3 Å². The van der Waals surface area contributed by atoms with E-state index < -0.39 is 0 Å². The molecule has 2 amide bonds. The Kier molecular flexibility index (Phi) is 6.00. The summed E-state index contributed by atoms with van der Waals surface area (Å²) in [5, 5.41) is 5.84. The van der Waals surface area contributed by atoms with Gasteiger partial charge in [-0.05, 0) is 47.9 Å². The third kappa shape index (κ3) is 4.82. The molecule has 0 radical (unpaired) electrons. The van der Waals surface area contributed by atoms with Gasteiger partial charge in [0.05, 0.1) is 0 Å². The topological polar surface area (TPSA) is 58.2 Å². The molecule has 0 aliphatic heterocycles. The van der Waals surface area contributed by atoms with Crippen molar-refractivity contribution in [1.29, 1.82) is 0 Å². The Morgan fingerprint density at radius 2 is 1.37 bits per heavy atom. The van der Waals surface area contributed by atoms with Crippen molar-refractivity contribution in [1.82, 2.24) is 5.32 Å². The summed E-state index contributed by atoms with van der Waals surface area (Å²) < 4.78 is 0. The number of anilines is 1. The van der Waals surface area contributed by atoms with E-state index in [9.17, 15) is 9.59 Å². The van der Waals surface area contributed by atoms with Gasteiger partial charge < -0.3 is 10.6 Å². The summed E-state index contributed by atoms with van der Waals surface area (Å²) in [5.41, 5.74) is 4.09. The Balaban J connectivity index is 1.60. The predicted molar refractivity (Wildman–Crippen MR) is 108 cm³/mol. The van der Waals surface area contributed by atoms with Gasteiger partial charge in [0.1, 0.15) is 0 Å². The highest BCUT2D eigenvalue weighted by Crippen LogP contribution is 2.17. The van der Waals surface area contributed by atoms with E-state index in [4.69, 9.17) is 0 Å². The third-order valence-corrected chi connectivity index (χ3v) is 4.35. The summed E-state index contributed by atoms with van der Waals surface area (Å²) in [6, 6.07) is 24.1. The van der Waals surface area contributed by atoms with Crippen LogP contribution in [0.5, 0.6) is 0 Å². The van der Waals surface area contributed by atoms with Gasteiger partial charge in [0.25, 0.3) is 11.8 Å². The second-order valence-electron chi connectivity index (χ2n) is 6.21. The van der Waals surface area contributed by atoms with E-state index in [1.807, 2.05) is 54.6 Å². The Bertz CT molecular complexity index is 919. The molecular weight excluding hydrogens is 336 g/mol. The molecule has 136 valence electrons. The summed E-state index contributed by atoms with van der Waals surface area (Å²) in [5.74, 6) is -0.260. The molecule has 2 N–H and O–H groups in total. The van der Waals surface area contributed by atoms with E-state index in [1.165, 1.54) is 0 Å². The van der Waals surface area contributed by atoms with Gasteiger partial charge in [-0.15, -0.1) is 0 Å². The van der Waals surface area contributed by atoms with Crippen molar-refractivity contribution >= 4 is 17.5 Å². The number of para-hydroxylation sites is 1. The highest BCUT2D eigenvalue weighted by atomic mass is 16.2. The molecule has 0 saturated carbocycles. The molecule has 4 nitrogen and oxygen atoms in total. The summed E-state index contributed by atoms with van der Waals surface area (Å²) in [4.78, 5) is 24.5. The predicted octanol–water partition coefficient (Wildman–Crippen LogP) is 4.43. The van der Waals surface area contributed by atoms with Crippen LogP contribution in [0.1, 0.15) is 38.8 Å². The second-order valence-corrected chi connectivity index (χ2v) is 6.21. The molecular formula is C23H22N2O2. The van der Waals surface area contributed by atoms with Gasteiger partial charge in [-0.1, -0.05) is 55.5 Å². The fourth-order valence-corrected chi connectivity index (χ4v) is 2.79. The molecule has 0 aliphatic carbocycles. The van der Waals surface area contributed by atoms with Crippen molar-refractivity contribution in [2.24, 2.45) is 0 Å². The van der Waals surface area contributed by atoms with E-state index >= 15 is 0 Å². The van der Waals surface area contributed by atoms with Crippen LogP contribution in [0.4, 0.5) is 5.69 Å². The number of benzene rings is 3. The fourth-order valence-electron chi connectivity index (χ4n) is 2.79. The van der Waals surface area contributed by atoms with Crippen LogP contribution in [0.25, 0.3) is 0 Å². The fraction of sp³-hybridized carbons (Fsp3) is 0.130. The first-order valence-corrected chi connectivity index (χ1v) is 8.99. The minimum absolute atomic E-state index is 0.117. The van der Waals surface area contributed by atoms with Crippen LogP contribution in [0.3, 0.4) is 0 Å². The van der Waals surface area contributed by atoms with Crippen molar-refractivity contribution in [3.63, 3.8) is 0 Å². The lowest BCUT2D eigenvalue weighted by atomic mass is 10.1. The van der Waals surface area contributed by atoms with E-state index in [0.29, 0.717) is 17.7 Å². The zero-order chi connectivity index (χ0) is 19.1. The van der Waals surface area contributed by atoms with Crippen molar-refractivity contribution in [2.75, 3.05) is 5.32 Å². The molecule has 0 heterocycles. The number of carbonyl (C=O) groups excluding carboxylic acids is 2. The Hall–Kier alpha value is -3.40. The Morgan fingerprint density at radius 1 is 0.741 bits per heavy atom. The number of rotatable bonds is 6. The van der Waals surface area contributed by atoms with Crippen LogP contribution >= 0.6 is 0 Å². The molecule has 3 aromatic rings. The lowest BCUT2D eigenvalue weighted by molar-refractivity contribution is 0.0949. The molecule has 0 bridgehead atoms. The van der Waals surface area contributed by atoms with Crippen molar-refractivity contribution < 1.29 is 9.59 Å². The van der Waals surface area contributed by atoms with Gasteiger partial charge >= 0.3 is 0 Å². The monoisotopic (exact) mass is 358 g/mol. The van der Waals surface area contributed by atoms with Crippen LogP contribution < -0.4 is 10.6 Å². The van der Waals surface area contributed by atoms with Gasteiger partial charge in [-0.25, -0.2) is 0 Å². The number of carbonyl (C=O) groups is 2. The maximum absolute atomic E-state index is 12.5. The zero-order valence-electron chi connectivity index (χ0n) is 15.2.